The average Bonchev–Trinajstić information content (AvgIpc) is 2.66. The Morgan fingerprint density at radius 2 is 1.11 bits per heavy atom. The van der Waals surface area contributed by atoms with Crippen molar-refractivity contribution in [3.63, 3.8) is 0 Å². The minimum Gasteiger partial charge on any atom is -1.00 e. The molecule has 0 saturated heterocycles. The summed E-state index contributed by atoms with van der Waals surface area (Å²) in [6, 6.07) is 13.5. The van der Waals surface area contributed by atoms with Crippen LogP contribution < -0.4 is 28.5 Å². The molecule has 0 spiro atoms. The van der Waals surface area contributed by atoms with Crippen LogP contribution in [-0.2, 0) is 13.0 Å². The van der Waals surface area contributed by atoms with E-state index >= 15 is 0 Å². The number of benzene rings is 1. The molecule has 1 aromatic carbocycles. The molecule has 0 amide bonds. The predicted molar refractivity (Wildman–Crippen MR) is 112 cm³/mol. The highest BCUT2D eigenvalue weighted by Gasteiger charge is 2.02. The third-order valence-corrected chi connectivity index (χ3v) is 5.26. The summed E-state index contributed by atoms with van der Waals surface area (Å²) >= 11 is 0. The highest BCUT2D eigenvalue weighted by Crippen LogP contribution is 2.13. The van der Waals surface area contributed by atoms with Gasteiger partial charge >= 0.3 is 0 Å². The van der Waals surface area contributed by atoms with Gasteiger partial charge in [0.1, 0.15) is 0 Å². The predicted octanol–water partition coefficient (Wildman–Crippen LogP) is 3.80. The molecule has 0 unspecified atom stereocenters. The topological polar surface area (TPSA) is 3.88 Å². The van der Waals surface area contributed by atoms with Crippen molar-refractivity contribution < 1.29 is 28.5 Å². The molecule has 2 rings (SSSR count). The third kappa shape index (κ3) is 10.9. The van der Waals surface area contributed by atoms with Crippen molar-refractivity contribution in [2.75, 3.05) is 0 Å². The summed E-state index contributed by atoms with van der Waals surface area (Å²) in [7, 11) is 0. The van der Waals surface area contributed by atoms with E-state index in [0.717, 1.165) is 6.54 Å². The zero-order chi connectivity index (χ0) is 18.5. The smallest absolute Gasteiger partial charge is 0.173 e. The number of unbranched alkanes of at least 4 members (excludes halogenated alkanes) is 9. The molecular weight excluding hydrogens is 441 g/mol. The first-order valence-corrected chi connectivity index (χ1v) is 10.8. The van der Waals surface area contributed by atoms with Gasteiger partial charge in [0.25, 0.3) is 0 Å². The summed E-state index contributed by atoms with van der Waals surface area (Å²) in [6.45, 7) is 5.38. The molecule has 0 radical (unpaired) electrons. The molecular formula is C25H38IN. The Bertz CT molecular complexity index is 589. The van der Waals surface area contributed by atoms with Crippen molar-refractivity contribution in [2.24, 2.45) is 0 Å². The molecule has 0 aliphatic carbocycles. The van der Waals surface area contributed by atoms with E-state index in [-0.39, 0.29) is 24.0 Å². The number of halogens is 1. The lowest BCUT2D eigenvalue weighted by Gasteiger charge is -2.04. The molecule has 1 nitrogen and oxygen atoms in total. The van der Waals surface area contributed by atoms with Crippen LogP contribution in [0.25, 0.3) is 0 Å². The maximum absolute atomic E-state index is 2.32. The van der Waals surface area contributed by atoms with Gasteiger partial charge in [0.15, 0.2) is 18.9 Å². The minimum absolute atomic E-state index is 0. The van der Waals surface area contributed by atoms with Gasteiger partial charge < -0.3 is 24.0 Å². The maximum atomic E-state index is 2.32. The molecule has 2 aromatic rings. The van der Waals surface area contributed by atoms with Crippen LogP contribution in [0, 0.1) is 6.92 Å². The number of hydrogen-bond acceptors (Lipinski definition) is 0. The summed E-state index contributed by atoms with van der Waals surface area (Å²) in [4.78, 5) is 0. The van der Waals surface area contributed by atoms with Gasteiger partial charge in [-0.1, -0.05) is 89.0 Å². The second-order valence-corrected chi connectivity index (χ2v) is 7.80. The van der Waals surface area contributed by atoms with Crippen LogP contribution >= 0.6 is 0 Å². The van der Waals surface area contributed by atoms with Crippen molar-refractivity contribution in [2.45, 2.75) is 91.0 Å². The molecule has 0 bridgehead atoms. The number of nitrogens with zero attached hydrogens (tertiary/aromatic N) is 1. The fourth-order valence-electron chi connectivity index (χ4n) is 3.48. The van der Waals surface area contributed by atoms with E-state index in [0.29, 0.717) is 0 Å². The molecule has 0 aliphatic rings. The highest BCUT2D eigenvalue weighted by molar-refractivity contribution is 5.22. The van der Waals surface area contributed by atoms with Gasteiger partial charge in [0.2, 0.25) is 0 Å². The zero-order valence-electron chi connectivity index (χ0n) is 17.4. The number of aryl methyl sites for hydroxylation is 2. The van der Waals surface area contributed by atoms with Crippen LogP contribution in [0.3, 0.4) is 0 Å². The summed E-state index contributed by atoms with van der Waals surface area (Å²) < 4.78 is 2.24. The number of rotatable bonds is 13. The summed E-state index contributed by atoms with van der Waals surface area (Å²) in [5.41, 5.74) is 4.18. The van der Waals surface area contributed by atoms with Gasteiger partial charge in [-0.3, -0.25) is 0 Å². The van der Waals surface area contributed by atoms with Crippen LogP contribution in [0.4, 0.5) is 0 Å². The molecule has 0 saturated carbocycles. The molecule has 150 valence electrons. The molecule has 0 aliphatic heterocycles. The Balaban J connectivity index is 0.00000364. The summed E-state index contributed by atoms with van der Waals surface area (Å²) in [5.74, 6) is 0. The fraction of sp³-hybridized carbons (Fsp3) is 0.560. The Morgan fingerprint density at radius 1 is 0.630 bits per heavy atom. The molecule has 1 aromatic heterocycles. The van der Waals surface area contributed by atoms with Crippen LogP contribution in [-0.4, -0.2) is 0 Å². The number of aromatic nitrogens is 1. The number of hydrogen-bond donors (Lipinski definition) is 0. The molecule has 27 heavy (non-hydrogen) atoms. The van der Waals surface area contributed by atoms with E-state index in [9.17, 15) is 0 Å². The second-order valence-electron chi connectivity index (χ2n) is 7.80. The summed E-state index contributed by atoms with van der Waals surface area (Å²) in [6.07, 6.45) is 19.7. The maximum Gasteiger partial charge on any atom is 0.173 e. The lowest BCUT2D eigenvalue weighted by molar-refractivity contribution is -0.688. The van der Waals surface area contributed by atoms with E-state index in [1.54, 1.807) is 0 Å². The van der Waals surface area contributed by atoms with Crippen LogP contribution in [0.2, 0.25) is 0 Å². The Labute approximate surface area is 184 Å². The van der Waals surface area contributed by atoms with Crippen LogP contribution in [0.15, 0.2) is 48.8 Å². The van der Waals surface area contributed by atoms with E-state index in [1.807, 2.05) is 0 Å². The quantitative estimate of drug-likeness (QED) is 0.234. The van der Waals surface area contributed by atoms with Gasteiger partial charge in [-0.15, -0.1) is 0 Å². The Kier molecular flexibility index (Phi) is 13.5. The zero-order valence-corrected chi connectivity index (χ0v) is 19.6. The van der Waals surface area contributed by atoms with Gasteiger partial charge in [-0.2, -0.15) is 0 Å². The largest absolute Gasteiger partial charge is 1.00 e. The number of pyridine rings is 1. The normalized spacial score (nSPS) is 10.6. The molecule has 1 heterocycles. The third-order valence-electron chi connectivity index (χ3n) is 5.26. The molecule has 0 atom stereocenters. The van der Waals surface area contributed by atoms with Crippen molar-refractivity contribution >= 4 is 0 Å². The van der Waals surface area contributed by atoms with Crippen molar-refractivity contribution in [3.8, 4) is 0 Å². The first-order valence-electron chi connectivity index (χ1n) is 10.8. The van der Waals surface area contributed by atoms with E-state index in [4.69, 9.17) is 0 Å². The standard InChI is InChI=1S/C25H38N.HI/c1-3-4-5-6-7-8-9-10-11-12-13-24-14-16-25(17-15-24)22-26-20-18-23(2)19-21-26;/h14-21H,3-13,22H2,1-2H3;1H/q+1;/p-1. The molecule has 0 N–H and O–H groups in total. The minimum atomic E-state index is 0. The van der Waals surface area contributed by atoms with Crippen molar-refractivity contribution in [1.82, 2.24) is 0 Å². The Hall–Kier alpha value is -0.900. The van der Waals surface area contributed by atoms with Gasteiger partial charge in [-0.05, 0) is 30.9 Å². The Morgan fingerprint density at radius 3 is 1.67 bits per heavy atom. The van der Waals surface area contributed by atoms with Crippen molar-refractivity contribution in [1.29, 1.82) is 0 Å². The second kappa shape index (κ2) is 15.1. The first-order chi connectivity index (χ1) is 12.8. The van der Waals surface area contributed by atoms with E-state index in [2.05, 4.69) is 67.2 Å². The lowest BCUT2D eigenvalue weighted by Crippen LogP contribution is -3.00. The van der Waals surface area contributed by atoms with Gasteiger partial charge in [0, 0.05) is 17.7 Å². The van der Waals surface area contributed by atoms with Gasteiger partial charge in [0.05, 0.1) is 0 Å². The fourth-order valence-corrected chi connectivity index (χ4v) is 3.48. The molecule has 2 heteroatoms. The van der Waals surface area contributed by atoms with E-state index in [1.165, 1.54) is 87.3 Å². The van der Waals surface area contributed by atoms with Crippen LogP contribution in [0.5, 0.6) is 0 Å². The van der Waals surface area contributed by atoms with Crippen LogP contribution in [0.1, 0.15) is 87.8 Å². The van der Waals surface area contributed by atoms with E-state index < -0.39 is 0 Å². The first kappa shape index (κ1) is 24.1. The van der Waals surface area contributed by atoms with Gasteiger partial charge in [-0.25, -0.2) is 4.57 Å². The monoisotopic (exact) mass is 479 g/mol. The van der Waals surface area contributed by atoms with Crippen molar-refractivity contribution in [3.05, 3.63) is 65.5 Å². The average molecular weight is 479 g/mol. The summed E-state index contributed by atoms with van der Waals surface area (Å²) in [5, 5.41) is 0. The highest BCUT2D eigenvalue weighted by atomic mass is 127. The lowest BCUT2D eigenvalue weighted by atomic mass is 10.0. The SMILES string of the molecule is CCCCCCCCCCCCc1ccc(C[n+]2ccc(C)cc2)cc1.[I-]. The molecule has 0 fully saturated rings.